The fraction of sp³-hybridized carbons (Fsp3) is 0.577. The molecule has 1 aliphatic carbocycles. The second-order valence-electron chi connectivity index (χ2n) is 9.77. The van der Waals surface area contributed by atoms with Crippen LogP contribution in [0.25, 0.3) is 0 Å². The number of nitrogens with zero attached hydrogens (tertiary/aromatic N) is 4. The van der Waals surface area contributed by atoms with E-state index >= 15 is 0 Å². The van der Waals surface area contributed by atoms with E-state index in [9.17, 15) is 9.18 Å². The molecule has 1 saturated heterocycles. The van der Waals surface area contributed by atoms with E-state index < -0.39 is 0 Å². The summed E-state index contributed by atoms with van der Waals surface area (Å²) in [6.45, 7) is 6.13. The average Bonchev–Trinajstić information content (AvgIpc) is 3.15. The molecule has 3 aliphatic rings. The molecule has 0 N–H and O–H groups in total. The van der Waals surface area contributed by atoms with Gasteiger partial charge in [-0.25, -0.2) is 4.39 Å². The molecule has 0 spiro atoms. The third kappa shape index (κ3) is 4.48. The molecule has 32 heavy (non-hydrogen) atoms. The summed E-state index contributed by atoms with van der Waals surface area (Å²) in [5.74, 6) is -0.0155. The molecule has 0 radical (unpaired) electrons. The zero-order chi connectivity index (χ0) is 22.1. The molecule has 3 heterocycles. The third-order valence-electron chi connectivity index (χ3n) is 7.71. The SMILES string of the molecule is Cn1c(C(=O)N2CCN(C3CCCCC3)CC2)cc2c1CCN(Cc1cccc(F)c1)C2. The van der Waals surface area contributed by atoms with E-state index in [1.165, 1.54) is 49.4 Å². The van der Waals surface area contributed by atoms with Crippen LogP contribution in [0.5, 0.6) is 0 Å². The van der Waals surface area contributed by atoms with Crippen molar-refractivity contribution >= 4 is 5.91 Å². The molecule has 0 atom stereocenters. The molecule has 0 unspecified atom stereocenters. The number of rotatable bonds is 4. The van der Waals surface area contributed by atoms with Gasteiger partial charge in [0.25, 0.3) is 5.91 Å². The topological polar surface area (TPSA) is 31.7 Å². The van der Waals surface area contributed by atoms with E-state index in [0.29, 0.717) is 0 Å². The second-order valence-corrected chi connectivity index (χ2v) is 9.77. The monoisotopic (exact) mass is 438 g/mol. The second kappa shape index (κ2) is 9.36. The molecule has 5 rings (SSSR count). The Morgan fingerprint density at radius 2 is 1.81 bits per heavy atom. The maximum atomic E-state index is 13.5. The van der Waals surface area contributed by atoms with E-state index in [1.54, 1.807) is 12.1 Å². The van der Waals surface area contributed by atoms with Crippen LogP contribution in [0.3, 0.4) is 0 Å². The van der Waals surface area contributed by atoms with Crippen molar-refractivity contribution in [2.24, 2.45) is 7.05 Å². The predicted molar refractivity (Wildman–Crippen MR) is 124 cm³/mol. The highest BCUT2D eigenvalue weighted by molar-refractivity contribution is 5.93. The van der Waals surface area contributed by atoms with E-state index in [2.05, 4.69) is 20.4 Å². The molecular weight excluding hydrogens is 403 g/mol. The van der Waals surface area contributed by atoms with Gasteiger partial charge in [0.05, 0.1) is 0 Å². The van der Waals surface area contributed by atoms with Crippen molar-refractivity contribution in [1.82, 2.24) is 19.3 Å². The van der Waals surface area contributed by atoms with Crippen LogP contribution in [-0.4, -0.2) is 63.9 Å². The zero-order valence-corrected chi connectivity index (χ0v) is 19.2. The first-order valence-electron chi connectivity index (χ1n) is 12.3. The quantitative estimate of drug-likeness (QED) is 0.728. The number of halogens is 1. The maximum Gasteiger partial charge on any atom is 0.270 e. The van der Waals surface area contributed by atoms with E-state index in [1.807, 2.05) is 18.0 Å². The lowest BCUT2D eigenvalue weighted by Crippen LogP contribution is -2.52. The molecule has 0 bridgehead atoms. The lowest BCUT2D eigenvalue weighted by atomic mass is 9.94. The molecule has 2 aromatic rings. The first-order valence-corrected chi connectivity index (χ1v) is 12.3. The van der Waals surface area contributed by atoms with E-state index in [0.717, 1.165) is 69.5 Å². The molecule has 1 aromatic carbocycles. The standard InChI is InChI=1S/C26H35FN4O/c1-28-24-10-11-29(18-20-6-5-7-22(27)16-20)19-21(24)17-25(28)26(32)31-14-12-30(13-15-31)23-8-3-2-4-9-23/h5-7,16-17,23H,2-4,8-15,18-19H2,1H3. The highest BCUT2D eigenvalue weighted by Crippen LogP contribution is 2.26. The Kier molecular flexibility index (Phi) is 6.33. The van der Waals surface area contributed by atoms with Gasteiger partial charge in [0, 0.05) is 71.0 Å². The first-order chi connectivity index (χ1) is 15.6. The lowest BCUT2D eigenvalue weighted by Gasteiger charge is -2.40. The van der Waals surface area contributed by atoms with Gasteiger partial charge in [-0.1, -0.05) is 31.4 Å². The predicted octanol–water partition coefficient (Wildman–Crippen LogP) is 3.81. The van der Waals surface area contributed by atoms with Crippen molar-refractivity contribution in [1.29, 1.82) is 0 Å². The molecule has 1 saturated carbocycles. The normalized spacial score (nSPS) is 21.0. The van der Waals surface area contributed by atoms with Gasteiger partial charge < -0.3 is 9.47 Å². The van der Waals surface area contributed by atoms with Gasteiger partial charge in [0.1, 0.15) is 11.5 Å². The summed E-state index contributed by atoms with van der Waals surface area (Å²) in [6.07, 6.45) is 7.66. The number of carbonyl (C=O) groups excluding carboxylic acids is 1. The maximum absolute atomic E-state index is 13.5. The Labute approximate surface area is 190 Å². The number of aromatic nitrogens is 1. The van der Waals surface area contributed by atoms with Crippen LogP contribution in [0.2, 0.25) is 0 Å². The number of hydrogen-bond acceptors (Lipinski definition) is 3. The molecule has 5 nitrogen and oxygen atoms in total. The van der Waals surface area contributed by atoms with Crippen LogP contribution in [0.4, 0.5) is 4.39 Å². The first kappa shape index (κ1) is 21.7. The van der Waals surface area contributed by atoms with Gasteiger partial charge in [-0.15, -0.1) is 0 Å². The zero-order valence-electron chi connectivity index (χ0n) is 19.2. The molecule has 1 aromatic heterocycles. The van der Waals surface area contributed by atoms with Crippen molar-refractivity contribution in [3.8, 4) is 0 Å². The van der Waals surface area contributed by atoms with E-state index in [-0.39, 0.29) is 11.7 Å². The van der Waals surface area contributed by atoms with Crippen LogP contribution in [-0.2, 0) is 26.6 Å². The minimum atomic E-state index is -0.184. The molecule has 2 aliphatic heterocycles. The molecule has 2 fully saturated rings. The van der Waals surface area contributed by atoms with E-state index in [4.69, 9.17) is 0 Å². The van der Waals surface area contributed by atoms with Crippen LogP contribution >= 0.6 is 0 Å². The van der Waals surface area contributed by atoms with Crippen molar-refractivity contribution in [2.75, 3.05) is 32.7 Å². The summed E-state index contributed by atoms with van der Waals surface area (Å²) in [5.41, 5.74) is 4.31. The fourth-order valence-corrected chi connectivity index (χ4v) is 5.89. The fourth-order valence-electron chi connectivity index (χ4n) is 5.89. The summed E-state index contributed by atoms with van der Waals surface area (Å²) < 4.78 is 15.7. The number of amides is 1. The lowest BCUT2D eigenvalue weighted by molar-refractivity contribution is 0.0515. The Balaban J connectivity index is 1.22. The van der Waals surface area contributed by atoms with Crippen LogP contribution < -0.4 is 0 Å². The summed E-state index contributed by atoms with van der Waals surface area (Å²) >= 11 is 0. The Morgan fingerprint density at radius 1 is 1.03 bits per heavy atom. The van der Waals surface area contributed by atoms with Gasteiger partial charge in [-0.2, -0.15) is 0 Å². The van der Waals surface area contributed by atoms with Gasteiger partial charge in [-0.3, -0.25) is 14.6 Å². The van der Waals surface area contributed by atoms with Crippen LogP contribution in [0.15, 0.2) is 30.3 Å². The highest BCUT2D eigenvalue weighted by Gasteiger charge is 2.30. The minimum absolute atomic E-state index is 0.168. The van der Waals surface area contributed by atoms with Crippen LogP contribution in [0.1, 0.15) is 59.4 Å². The smallest absolute Gasteiger partial charge is 0.270 e. The Bertz CT molecular complexity index is 957. The van der Waals surface area contributed by atoms with Gasteiger partial charge in [0.2, 0.25) is 0 Å². The van der Waals surface area contributed by atoms with Crippen LogP contribution in [0, 0.1) is 5.82 Å². The molecule has 1 amide bonds. The summed E-state index contributed by atoms with van der Waals surface area (Å²) in [5, 5.41) is 0. The molecular formula is C26H35FN4O. The number of piperazine rings is 1. The average molecular weight is 439 g/mol. The van der Waals surface area contributed by atoms with Crippen molar-refractivity contribution in [3.63, 3.8) is 0 Å². The number of carbonyl (C=O) groups is 1. The third-order valence-corrected chi connectivity index (χ3v) is 7.71. The molecule has 172 valence electrons. The summed E-state index contributed by atoms with van der Waals surface area (Å²) in [4.78, 5) is 20.4. The Hall–Kier alpha value is -2.18. The number of fused-ring (bicyclic) bond motifs is 1. The summed E-state index contributed by atoms with van der Waals surface area (Å²) in [6, 6.07) is 9.68. The summed E-state index contributed by atoms with van der Waals surface area (Å²) in [7, 11) is 2.03. The highest BCUT2D eigenvalue weighted by atomic mass is 19.1. The minimum Gasteiger partial charge on any atom is -0.343 e. The number of hydrogen-bond donors (Lipinski definition) is 0. The van der Waals surface area contributed by atoms with Crippen molar-refractivity contribution < 1.29 is 9.18 Å². The van der Waals surface area contributed by atoms with Gasteiger partial charge >= 0.3 is 0 Å². The number of benzene rings is 1. The Morgan fingerprint density at radius 3 is 2.56 bits per heavy atom. The largest absolute Gasteiger partial charge is 0.343 e. The van der Waals surface area contributed by atoms with Gasteiger partial charge in [-0.05, 0) is 42.2 Å². The van der Waals surface area contributed by atoms with Crippen molar-refractivity contribution in [3.05, 3.63) is 58.7 Å². The van der Waals surface area contributed by atoms with Crippen molar-refractivity contribution in [2.45, 2.75) is 57.7 Å². The van der Waals surface area contributed by atoms with Gasteiger partial charge in [0.15, 0.2) is 0 Å². The molecule has 6 heteroatoms.